The van der Waals surface area contributed by atoms with Gasteiger partial charge in [-0.25, -0.2) is 4.79 Å². The number of rotatable bonds is 2. The number of nitrogens with zero attached hydrogens (tertiary/aromatic N) is 1. The van der Waals surface area contributed by atoms with Crippen LogP contribution in [0.1, 0.15) is 51.9 Å². The molecule has 1 spiro atoms. The smallest absolute Gasteiger partial charge is 0.277 e. The van der Waals surface area contributed by atoms with Gasteiger partial charge in [0.05, 0.1) is 0 Å². The molecule has 4 amide bonds. The van der Waals surface area contributed by atoms with Gasteiger partial charge in [-0.3, -0.25) is 19.8 Å². The van der Waals surface area contributed by atoms with Crippen LogP contribution >= 0.6 is 0 Å². The molecule has 1 aliphatic carbocycles. The van der Waals surface area contributed by atoms with Crippen molar-refractivity contribution in [2.24, 2.45) is 5.41 Å². The Balaban J connectivity index is 2.22. The molecule has 1 saturated heterocycles. The van der Waals surface area contributed by atoms with E-state index >= 15 is 0 Å². The molecular formula is C15H20N2O3. The van der Waals surface area contributed by atoms with Crippen LogP contribution in [0.25, 0.3) is 0 Å². The van der Waals surface area contributed by atoms with E-state index in [2.05, 4.69) is 17.2 Å². The van der Waals surface area contributed by atoms with E-state index in [4.69, 9.17) is 0 Å². The Morgan fingerprint density at radius 1 is 1.15 bits per heavy atom. The van der Waals surface area contributed by atoms with Gasteiger partial charge in [-0.05, 0) is 19.8 Å². The lowest BCUT2D eigenvalue weighted by Crippen LogP contribution is -2.63. The molecule has 20 heavy (non-hydrogen) atoms. The monoisotopic (exact) mass is 276 g/mol. The van der Waals surface area contributed by atoms with Crippen LogP contribution in [-0.2, 0) is 9.59 Å². The lowest BCUT2D eigenvalue weighted by molar-refractivity contribution is -0.152. The van der Waals surface area contributed by atoms with Crippen LogP contribution in [0.4, 0.5) is 4.79 Å². The van der Waals surface area contributed by atoms with Gasteiger partial charge in [-0.2, -0.15) is 0 Å². The Morgan fingerprint density at radius 3 is 2.40 bits per heavy atom. The molecule has 2 fully saturated rings. The molecule has 108 valence electrons. The Hall–Kier alpha value is -1.83. The molecule has 2 rings (SSSR count). The standard InChI is InChI=1S/C15H20N2O3/c1-2-3-8-11-17-13(19)15(12(18)16-14(17)20)9-6-4-5-7-10-15/h4-11H2,1H3,(H,16,18,20). The topological polar surface area (TPSA) is 66.5 Å². The highest BCUT2D eigenvalue weighted by Gasteiger charge is 2.52. The largest absolute Gasteiger partial charge is 0.330 e. The minimum Gasteiger partial charge on any atom is -0.277 e. The van der Waals surface area contributed by atoms with Crippen molar-refractivity contribution in [1.82, 2.24) is 10.2 Å². The summed E-state index contributed by atoms with van der Waals surface area (Å²) < 4.78 is 0. The summed E-state index contributed by atoms with van der Waals surface area (Å²) >= 11 is 0. The van der Waals surface area contributed by atoms with E-state index in [0.717, 1.165) is 30.6 Å². The van der Waals surface area contributed by atoms with Crippen LogP contribution in [0.5, 0.6) is 0 Å². The number of barbiturate groups is 1. The zero-order chi connectivity index (χ0) is 14.6. The van der Waals surface area contributed by atoms with Crippen molar-refractivity contribution in [3.8, 4) is 11.8 Å². The molecule has 0 aromatic heterocycles. The fourth-order valence-electron chi connectivity index (χ4n) is 3.00. The summed E-state index contributed by atoms with van der Waals surface area (Å²) in [5, 5.41) is 2.35. The van der Waals surface area contributed by atoms with Gasteiger partial charge < -0.3 is 0 Å². The van der Waals surface area contributed by atoms with Gasteiger partial charge in [0.2, 0.25) is 11.8 Å². The predicted octanol–water partition coefficient (Wildman–Crippen LogP) is 1.82. The highest BCUT2D eigenvalue weighted by Crippen LogP contribution is 2.39. The summed E-state index contributed by atoms with van der Waals surface area (Å²) in [6.07, 6.45) is 5.32. The van der Waals surface area contributed by atoms with Crippen molar-refractivity contribution >= 4 is 17.8 Å². The first-order valence-electron chi connectivity index (χ1n) is 7.19. The number of hydrogen-bond acceptors (Lipinski definition) is 3. The number of nitrogens with one attached hydrogen (secondary N) is 1. The number of amides is 4. The molecule has 0 bridgehead atoms. The molecule has 0 aromatic rings. The van der Waals surface area contributed by atoms with Crippen LogP contribution in [0.15, 0.2) is 0 Å². The summed E-state index contributed by atoms with van der Waals surface area (Å²) in [5.41, 5.74) is -1.02. The predicted molar refractivity (Wildman–Crippen MR) is 73.5 cm³/mol. The summed E-state index contributed by atoms with van der Waals surface area (Å²) in [5.74, 6) is 4.85. The molecule has 5 heteroatoms. The highest BCUT2D eigenvalue weighted by molar-refractivity contribution is 6.19. The molecule has 2 aliphatic rings. The van der Waals surface area contributed by atoms with Gasteiger partial charge in [-0.1, -0.05) is 25.7 Å². The lowest BCUT2D eigenvalue weighted by atomic mass is 9.77. The maximum Gasteiger partial charge on any atom is 0.330 e. The normalized spacial score (nSPS) is 22.1. The fraction of sp³-hybridized carbons (Fsp3) is 0.667. The molecular weight excluding hydrogens is 256 g/mol. The quantitative estimate of drug-likeness (QED) is 0.618. The van der Waals surface area contributed by atoms with E-state index in [-0.39, 0.29) is 12.5 Å². The van der Waals surface area contributed by atoms with E-state index in [1.807, 2.05) is 0 Å². The SMILES string of the molecule is CC#CCCN1C(=O)NC(=O)C2(CCCCCC2)C1=O. The van der Waals surface area contributed by atoms with Gasteiger partial charge in [0.1, 0.15) is 5.41 Å². The van der Waals surface area contributed by atoms with E-state index in [9.17, 15) is 14.4 Å². The molecule has 0 unspecified atom stereocenters. The second-order valence-corrected chi connectivity index (χ2v) is 5.39. The van der Waals surface area contributed by atoms with E-state index < -0.39 is 17.4 Å². The van der Waals surface area contributed by atoms with Crippen molar-refractivity contribution in [2.75, 3.05) is 6.54 Å². The van der Waals surface area contributed by atoms with Crippen LogP contribution in [0.2, 0.25) is 0 Å². The molecule has 5 nitrogen and oxygen atoms in total. The maximum atomic E-state index is 12.7. The van der Waals surface area contributed by atoms with Crippen molar-refractivity contribution in [3.05, 3.63) is 0 Å². The average Bonchev–Trinajstić information content (AvgIpc) is 2.68. The van der Waals surface area contributed by atoms with Gasteiger partial charge in [0.15, 0.2) is 0 Å². The summed E-state index contributed by atoms with van der Waals surface area (Å²) in [6, 6.07) is -0.604. The molecule has 1 heterocycles. The number of urea groups is 1. The molecule has 0 atom stereocenters. The minimum absolute atomic E-state index is 0.251. The van der Waals surface area contributed by atoms with E-state index in [1.54, 1.807) is 6.92 Å². The van der Waals surface area contributed by atoms with Crippen molar-refractivity contribution in [2.45, 2.75) is 51.9 Å². The van der Waals surface area contributed by atoms with Gasteiger partial charge in [-0.15, -0.1) is 11.8 Å². The highest BCUT2D eigenvalue weighted by atomic mass is 16.2. The molecule has 0 aromatic carbocycles. The number of hydrogen-bond donors (Lipinski definition) is 1. The third-order valence-corrected chi connectivity index (χ3v) is 4.15. The third kappa shape index (κ3) is 2.55. The second-order valence-electron chi connectivity index (χ2n) is 5.39. The Bertz CT molecular complexity index is 479. The first kappa shape index (κ1) is 14.6. The van der Waals surface area contributed by atoms with Crippen LogP contribution < -0.4 is 5.32 Å². The van der Waals surface area contributed by atoms with Crippen molar-refractivity contribution < 1.29 is 14.4 Å². The van der Waals surface area contributed by atoms with Gasteiger partial charge in [0.25, 0.3) is 0 Å². The molecule has 0 radical (unpaired) electrons. The van der Waals surface area contributed by atoms with Gasteiger partial charge in [0, 0.05) is 13.0 Å². The fourth-order valence-corrected chi connectivity index (χ4v) is 3.00. The molecule has 1 N–H and O–H groups in total. The third-order valence-electron chi connectivity index (χ3n) is 4.15. The van der Waals surface area contributed by atoms with Crippen LogP contribution in [-0.4, -0.2) is 29.3 Å². The molecule has 1 aliphatic heterocycles. The van der Waals surface area contributed by atoms with Crippen LogP contribution in [0, 0.1) is 17.3 Å². The van der Waals surface area contributed by atoms with E-state index in [1.165, 1.54) is 0 Å². The van der Waals surface area contributed by atoms with Crippen molar-refractivity contribution in [1.29, 1.82) is 0 Å². The second kappa shape index (κ2) is 6.08. The Morgan fingerprint density at radius 2 is 1.80 bits per heavy atom. The number of imide groups is 2. The number of carbonyl (C=O) groups is 3. The summed E-state index contributed by atoms with van der Waals surface area (Å²) in [6.45, 7) is 1.97. The molecule has 1 saturated carbocycles. The van der Waals surface area contributed by atoms with Crippen molar-refractivity contribution in [3.63, 3.8) is 0 Å². The lowest BCUT2D eigenvalue weighted by Gasteiger charge is -2.38. The summed E-state index contributed by atoms with van der Waals surface area (Å²) in [4.78, 5) is 37.9. The first-order chi connectivity index (χ1) is 9.62. The zero-order valence-corrected chi connectivity index (χ0v) is 11.8. The maximum absolute atomic E-state index is 12.7. The summed E-state index contributed by atoms with van der Waals surface area (Å²) in [7, 11) is 0. The minimum atomic E-state index is -1.02. The first-order valence-corrected chi connectivity index (χ1v) is 7.19. The van der Waals surface area contributed by atoms with E-state index in [0.29, 0.717) is 19.3 Å². The zero-order valence-electron chi connectivity index (χ0n) is 11.8. The van der Waals surface area contributed by atoms with Gasteiger partial charge >= 0.3 is 6.03 Å². The average molecular weight is 276 g/mol. The Labute approximate surface area is 119 Å². The van der Waals surface area contributed by atoms with Crippen LogP contribution in [0.3, 0.4) is 0 Å². The Kier molecular flexibility index (Phi) is 4.43. The number of carbonyl (C=O) groups excluding carboxylic acids is 3.